The SMILES string of the molecule is CCCC1CCN(CC2CCC(N)CC2)C1. The van der Waals surface area contributed by atoms with E-state index in [0.717, 1.165) is 11.8 Å². The van der Waals surface area contributed by atoms with Crippen molar-refractivity contribution >= 4 is 0 Å². The van der Waals surface area contributed by atoms with Gasteiger partial charge in [0.1, 0.15) is 0 Å². The molecule has 0 aromatic carbocycles. The molecule has 2 rings (SSSR count). The van der Waals surface area contributed by atoms with E-state index in [9.17, 15) is 0 Å². The van der Waals surface area contributed by atoms with Crippen molar-refractivity contribution in [1.82, 2.24) is 4.90 Å². The summed E-state index contributed by atoms with van der Waals surface area (Å²) in [7, 11) is 0. The minimum absolute atomic E-state index is 0.502. The number of nitrogens with zero attached hydrogens (tertiary/aromatic N) is 1. The molecule has 0 radical (unpaired) electrons. The van der Waals surface area contributed by atoms with Crippen molar-refractivity contribution in [3.05, 3.63) is 0 Å². The molecule has 0 spiro atoms. The number of hydrogen-bond acceptors (Lipinski definition) is 2. The van der Waals surface area contributed by atoms with E-state index in [1.54, 1.807) is 0 Å². The number of rotatable bonds is 4. The van der Waals surface area contributed by atoms with Crippen molar-refractivity contribution < 1.29 is 0 Å². The van der Waals surface area contributed by atoms with Gasteiger partial charge in [-0.3, -0.25) is 0 Å². The first-order valence-corrected chi connectivity index (χ1v) is 7.26. The Labute approximate surface area is 101 Å². The quantitative estimate of drug-likeness (QED) is 0.795. The van der Waals surface area contributed by atoms with Gasteiger partial charge in [0.2, 0.25) is 0 Å². The molecule has 2 N–H and O–H groups in total. The van der Waals surface area contributed by atoms with Gasteiger partial charge in [0.15, 0.2) is 0 Å². The molecule has 1 unspecified atom stereocenters. The highest BCUT2D eigenvalue weighted by Gasteiger charge is 2.25. The third kappa shape index (κ3) is 3.46. The number of likely N-dealkylation sites (tertiary alicyclic amines) is 1. The lowest BCUT2D eigenvalue weighted by molar-refractivity contribution is 0.218. The van der Waals surface area contributed by atoms with Crippen molar-refractivity contribution in [2.24, 2.45) is 17.6 Å². The topological polar surface area (TPSA) is 29.3 Å². The zero-order valence-corrected chi connectivity index (χ0v) is 10.8. The number of nitrogens with two attached hydrogens (primary N) is 1. The van der Waals surface area contributed by atoms with Gasteiger partial charge in [-0.2, -0.15) is 0 Å². The maximum Gasteiger partial charge on any atom is 0.00390 e. The van der Waals surface area contributed by atoms with E-state index in [1.807, 2.05) is 0 Å². The molecule has 1 aliphatic heterocycles. The van der Waals surface area contributed by atoms with Crippen LogP contribution in [0.4, 0.5) is 0 Å². The summed E-state index contributed by atoms with van der Waals surface area (Å²) in [6.45, 7) is 6.39. The Hall–Kier alpha value is -0.0800. The lowest BCUT2D eigenvalue weighted by atomic mass is 9.86. The van der Waals surface area contributed by atoms with Gasteiger partial charge in [0.25, 0.3) is 0 Å². The van der Waals surface area contributed by atoms with E-state index in [2.05, 4.69) is 11.8 Å². The summed E-state index contributed by atoms with van der Waals surface area (Å²) in [5.41, 5.74) is 5.95. The van der Waals surface area contributed by atoms with Gasteiger partial charge in [-0.05, 0) is 56.9 Å². The average molecular weight is 224 g/mol. The van der Waals surface area contributed by atoms with Crippen LogP contribution in [0.3, 0.4) is 0 Å². The molecule has 2 nitrogen and oxygen atoms in total. The molecule has 1 saturated carbocycles. The summed E-state index contributed by atoms with van der Waals surface area (Å²) in [6, 6.07) is 0.502. The van der Waals surface area contributed by atoms with Crippen LogP contribution in [0.1, 0.15) is 51.9 Å². The first-order valence-electron chi connectivity index (χ1n) is 7.26. The Kier molecular flexibility index (Phi) is 4.66. The molecule has 1 aliphatic carbocycles. The minimum atomic E-state index is 0.502. The van der Waals surface area contributed by atoms with Gasteiger partial charge in [-0.1, -0.05) is 13.3 Å². The van der Waals surface area contributed by atoms with Crippen molar-refractivity contribution in [1.29, 1.82) is 0 Å². The van der Waals surface area contributed by atoms with Gasteiger partial charge in [0.05, 0.1) is 0 Å². The molecule has 0 bridgehead atoms. The predicted molar refractivity (Wildman–Crippen MR) is 69.4 cm³/mol. The number of hydrogen-bond donors (Lipinski definition) is 1. The Balaban J connectivity index is 1.67. The highest BCUT2D eigenvalue weighted by molar-refractivity contribution is 4.81. The summed E-state index contributed by atoms with van der Waals surface area (Å²) in [5, 5.41) is 0. The Morgan fingerprint density at radius 2 is 1.81 bits per heavy atom. The van der Waals surface area contributed by atoms with Gasteiger partial charge in [-0.25, -0.2) is 0 Å². The predicted octanol–water partition coefficient (Wildman–Crippen LogP) is 2.63. The normalized spacial score (nSPS) is 36.8. The summed E-state index contributed by atoms with van der Waals surface area (Å²) in [4.78, 5) is 2.71. The molecule has 1 heterocycles. The van der Waals surface area contributed by atoms with Gasteiger partial charge < -0.3 is 10.6 Å². The molecule has 0 amide bonds. The van der Waals surface area contributed by atoms with E-state index < -0.39 is 0 Å². The largest absolute Gasteiger partial charge is 0.328 e. The van der Waals surface area contributed by atoms with E-state index in [1.165, 1.54) is 64.6 Å². The van der Waals surface area contributed by atoms with Gasteiger partial charge >= 0.3 is 0 Å². The molecule has 2 aliphatic rings. The van der Waals surface area contributed by atoms with Crippen LogP contribution in [-0.2, 0) is 0 Å². The van der Waals surface area contributed by atoms with E-state index >= 15 is 0 Å². The first kappa shape index (κ1) is 12.4. The summed E-state index contributed by atoms with van der Waals surface area (Å²) in [6.07, 6.45) is 9.50. The Morgan fingerprint density at radius 3 is 2.50 bits per heavy atom. The van der Waals surface area contributed by atoms with Crippen LogP contribution in [0.15, 0.2) is 0 Å². The third-order valence-corrected chi connectivity index (χ3v) is 4.47. The lowest BCUT2D eigenvalue weighted by Gasteiger charge is -2.29. The van der Waals surface area contributed by atoms with Crippen LogP contribution >= 0.6 is 0 Å². The van der Waals surface area contributed by atoms with Crippen LogP contribution in [0, 0.1) is 11.8 Å². The molecular formula is C14H28N2. The molecule has 16 heavy (non-hydrogen) atoms. The molecule has 0 aromatic rings. The second kappa shape index (κ2) is 6.02. The Bertz CT molecular complexity index is 197. The van der Waals surface area contributed by atoms with E-state index in [0.29, 0.717) is 6.04 Å². The van der Waals surface area contributed by atoms with Crippen molar-refractivity contribution in [2.75, 3.05) is 19.6 Å². The standard InChI is InChI=1S/C14H28N2/c1-2-3-12-8-9-16(10-12)11-13-4-6-14(15)7-5-13/h12-14H,2-11,15H2,1H3. The molecule has 1 atom stereocenters. The highest BCUT2D eigenvalue weighted by Crippen LogP contribution is 2.27. The van der Waals surface area contributed by atoms with Crippen molar-refractivity contribution in [3.63, 3.8) is 0 Å². The molecule has 2 heteroatoms. The van der Waals surface area contributed by atoms with Crippen molar-refractivity contribution in [2.45, 2.75) is 57.9 Å². The second-order valence-electron chi connectivity index (χ2n) is 5.98. The summed E-state index contributed by atoms with van der Waals surface area (Å²) < 4.78 is 0. The lowest BCUT2D eigenvalue weighted by Crippen LogP contribution is -2.33. The maximum absolute atomic E-state index is 5.95. The minimum Gasteiger partial charge on any atom is -0.328 e. The fourth-order valence-corrected chi connectivity index (χ4v) is 3.46. The maximum atomic E-state index is 5.95. The zero-order valence-electron chi connectivity index (χ0n) is 10.8. The van der Waals surface area contributed by atoms with Gasteiger partial charge in [0, 0.05) is 19.1 Å². The molecule has 0 aromatic heterocycles. The zero-order chi connectivity index (χ0) is 11.4. The molecular weight excluding hydrogens is 196 g/mol. The van der Waals surface area contributed by atoms with E-state index in [4.69, 9.17) is 5.73 Å². The van der Waals surface area contributed by atoms with Crippen molar-refractivity contribution in [3.8, 4) is 0 Å². The summed E-state index contributed by atoms with van der Waals surface area (Å²) in [5.74, 6) is 1.94. The summed E-state index contributed by atoms with van der Waals surface area (Å²) >= 11 is 0. The smallest absolute Gasteiger partial charge is 0.00390 e. The average Bonchev–Trinajstić information content (AvgIpc) is 2.70. The van der Waals surface area contributed by atoms with Crippen LogP contribution in [0.2, 0.25) is 0 Å². The van der Waals surface area contributed by atoms with Crippen LogP contribution in [-0.4, -0.2) is 30.6 Å². The monoisotopic (exact) mass is 224 g/mol. The Morgan fingerprint density at radius 1 is 1.06 bits per heavy atom. The molecule has 2 fully saturated rings. The molecule has 94 valence electrons. The van der Waals surface area contributed by atoms with Crippen LogP contribution in [0.5, 0.6) is 0 Å². The van der Waals surface area contributed by atoms with Crippen LogP contribution in [0.25, 0.3) is 0 Å². The molecule has 1 saturated heterocycles. The van der Waals surface area contributed by atoms with Gasteiger partial charge in [-0.15, -0.1) is 0 Å². The second-order valence-corrected chi connectivity index (χ2v) is 5.98. The fourth-order valence-electron chi connectivity index (χ4n) is 3.46. The first-order chi connectivity index (χ1) is 7.78. The van der Waals surface area contributed by atoms with Crippen LogP contribution < -0.4 is 5.73 Å². The van der Waals surface area contributed by atoms with E-state index in [-0.39, 0.29) is 0 Å². The fraction of sp³-hybridized carbons (Fsp3) is 1.00. The third-order valence-electron chi connectivity index (χ3n) is 4.47. The highest BCUT2D eigenvalue weighted by atomic mass is 15.1.